The zero-order chi connectivity index (χ0) is 21.2. The maximum absolute atomic E-state index is 12.6. The third-order valence-electron chi connectivity index (χ3n) is 4.76. The molecule has 9 heteroatoms. The Bertz CT molecular complexity index is 727. The average Bonchev–Trinajstić information content (AvgIpc) is 2.71. The second kappa shape index (κ2) is 12.3. The third-order valence-corrected chi connectivity index (χ3v) is 5.95. The van der Waals surface area contributed by atoms with Gasteiger partial charge in [-0.25, -0.2) is 0 Å². The molecule has 0 aromatic heterocycles. The number of hydrogen-bond donors (Lipinski definition) is 2. The van der Waals surface area contributed by atoms with Gasteiger partial charge in [-0.1, -0.05) is 23.2 Å². The Morgan fingerprint density at radius 3 is 2.55 bits per heavy atom. The molecule has 1 aliphatic rings. The number of carbonyl (C=O) groups is 3. The Morgan fingerprint density at radius 2 is 1.90 bits per heavy atom. The monoisotopic (exact) mass is 459 g/mol. The average molecular weight is 460 g/mol. The van der Waals surface area contributed by atoms with E-state index >= 15 is 0 Å². The van der Waals surface area contributed by atoms with Crippen LogP contribution in [0.2, 0.25) is 10.0 Å². The minimum atomic E-state index is -0.702. The lowest BCUT2D eigenvalue weighted by atomic mass is 10.1. The quantitative estimate of drug-likeness (QED) is 0.593. The number of amides is 3. The number of benzene rings is 1. The second-order valence-corrected chi connectivity index (χ2v) is 8.74. The summed E-state index contributed by atoms with van der Waals surface area (Å²) in [7, 11) is 0. The highest BCUT2D eigenvalue weighted by molar-refractivity contribution is 7.98. The third kappa shape index (κ3) is 7.72. The SMILES string of the molecule is CSCCC(NC(=O)c1ccc(Cl)cc1Cl)C(=O)NCCC(=O)N1CCCCC1. The lowest BCUT2D eigenvalue weighted by Crippen LogP contribution is -2.48. The largest absolute Gasteiger partial charge is 0.354 e. The van der Waals surface area contributed by atoms with Gasteiger partial charge in [0.15, 0.2) is 0 Å². The van der Waals surface area contributed by atoms with Gasteiger partial charge in [-0.2, -0.15) is 11.8 Å². The van der Waals surface area contributed by atoms with Crippen LogP contribution in [-0.4, -0.2) is 60.3 Å². The fourth-order valence-corrected chi connectivity index (χ4v) is 4.10. The highest BCUT2D eigenvalue weighted by Gasteiger charge is 2.23. The smallest absolute Gasteiger partial charge is 0.253 e. The zero-order valence-electron chi connectivity index (χ0n) is 16.5. The van der Waals surface area contributed by atoms with Crippen LogP contribution < -0.4 is 10.6 Å². The summed E-state index contributed by atoms with van der Waals surface area (Å²) in [4.78, 5) is 39.2. The minimum Gasteiger partial charge on any atom is -0.354 e. The van der Waals surface area contributed by atoms with E-state index in [9.17, 15) is 14.4 Å². The predicted molar refractivity (Wildman–Crippen MR) is 119 cm³/mol. The molecule has 1 atom stereocenters. The molecule has 1 unspecified atom stereocenters. The van der Waals surface area contributed by atoms with Crippen molar-refractivity contribution >= 4 is 52.7 Å². The molecule has 1 heterocycles. The van der Waals surface area contributed by atoms with Crippen LogP contribution in [0.15, 0.2) is 18.2 Å². The van der Waals surface area contributed by atoms with Crippen LogP contribution >= 0.6 is 35.0 Å². The first kappa shape index (κ1) is 23.8. The summed E-state index contributed by atoms with van der Waals surface area (Å²) in [5, 5.41) is 6.18. The lowest BCUT2D eigenvalue weighted by Gasteiger charge is -2.27. The van der Waals surface area contributed by atoms with E-state index in [0.717, 1.165) is 32.4 Å². The highest BCUT2D eigenvalue weighted by atomic mass is 35.5. The molecule has 1 saturated heterocycles. The number of nitrogens with zero attached hydrogens (tertiary/aromatic N) is 1. The van der Waals surface area contributed by atoms with Crippen LogP contribution in [0.4, 0.5) is 0 Å². The number of halogens is 2. The van der Waals surface area contributed by atoms with Crippen molar-refractivity contribution in [3.8, 4) is 0 Å². The summed E-state index contributed by atoms with van der Waals surface area (Å²) in [6.45, 7) is 1.84. The Morgan fingerprint density at radius 1 is 1.17 bits per heavy atom. The van der Waals surface area contributed by atoms with Crippen molar-refractivity contribution < 1.29 is 14.4 Å². The molecule has 2 N–H and O–H groups in total. The van der Waals surface area contributed by atoms with Gasteiger partial charge in [0.05, 0.1) is 10.6 Å². The molecule has 0 bridgehead atoms. The molecule has 1 aromatic rings. The van der Waals surface area contributed by atoms with Gasteiger partial charge in [0.25, 0.3) is 5.91 Å². The summed E-state index contributed by atoms with van der Waals surface area (Å²) < 4.78 is 0. The number of piperidine rings is 1. The topological polar surface area (TPSA) is 78.5 Å². The van der Waals surface area contributed by atoms with Crippen LogP contribution in [0.3, 0.4) is 0 Å². The van der Waals surface area contributed by atoms with Crippen molar-refractivity contribution in [2.24, 2.45) is 0 Å². The molecule has 0 radical (unpaired) electrons. The summed E-state index contributed by atoms with van der Waals surface area (Å²) in [5.41, 5.74) is 0.262. The molecular formula is C20H27Cl2N3O3S. The number of carbonyl (C=O) groups excluding carboxylic acids is 3. The first-order valence-electron chi connectivity index (χ1n) is 9.72. The Balaban J connectivity index is 1.89. The van der Waals surface area contributed by atoms with Crippen molar-refractivity contribution in [1.82, 2.24) is 15.5 Å². The van der Waals surface area contributed by atoms with Crippen molar-refractivity contribution in [2.45, 2.75) is 38.1 Å². The summed E-state index contributed by atoms with van der Waals surface area (Å²) >= 11 is 13.6. The van der Waals surface area contributed by atoms with Gasteiger partial charge in [-0.15, -0.1) is 0 Å². The second-order valence-electron chi connectivity index (χ2n) is 6.91. The fourth-order valence-electron chi connectivity index (χ4n) is 3.13. The number of rotatable bonds is 9. The van der Waals surface area contributed by atoms with Gasteiger partial charge < -0.3 is 15.5 Å². The van der Waals surface area contributed by atoms with Crippen LogP contribution in [0.1, 0.15) is 42.5 Å². The fraction of sp³-hybridized carbons (Fsp3) is 0.550. The first-order chi connectivity index (χ1) is 13.9. The van der Waals surface area contributed by atoms with Gasteiger partial charge >= 0.3 is 0 Å². The van der Waals surface area contributed by atoms with Crippen LogP contribution in [0, 0.1) is 0 Å². The minimum absolute atomic E-state index is 0.0580. The standard InChI is InChI=1S/C20H27Cl2N3O3S/c1-29-12-8-17(24-19(27)15-6-5-14(21)13-16(15)22)20(28)23-9-7-18(26)25-10-3-2-4-11-25/h5-6,13,17H,2-4,7-12H2,1H3,(H,23,28)(H,24,27). The van der Waals surface area contributed by atoms with E-state index in [1.165, 1.54) is 12.1 Å². The number of thioether (sulfide) groups is 1. The molecule has 2 rings (SSSR count). The summed E-state index contributed by atoms with van der Waals surface area (Å²) in [5.74, 6) is 0.0308. The first-order valence-corrected chi connectivity index (χ1v) is 11.9. The van der Waals surface area contributed by atoms with Gasteiger partial charge in [0.1, 0.15) is 6.04 Å². The van der Waals surface area contributed by atoms with Crippen molar-refractivity contribution in [3.63, 3.8) is 0 Å². The maximum atomic E-state index is 12.6. The van der Waals surface area contributed by atoms with Crippen LogP contribution in [0.5, 0.6) is 0 Å². The highest BCUT2D eigenvalue weighted by Crippen LogP contribution is 2.21. The summed E-state index contributed by atoms with van der Waals surface area (Å²) in [6.07, 6.45) is 5.91. The molecule has 0 spiro atoms. The van der Waals surface area contributed by atoms with Crippen LogP contribution in [0.25, 0.3) is 0 Å². The normalized spacial score (nSPS) is 14.9. The van der Waals surface area contributed by atoms with Gasteiger partial charge in [-0.3, -0.25) is 14.4 Å². The van der Waals surface area contributed by atoms with Crippen LogP contribution in [-0.2, 0) is 9.59 Å². The van der Waals surface area contributed by atoms with Crippen molar-refractivity contribution in [3.05, 3.63) is 33.8 Å². The molecule has 160 valence electrons. The Kier molecular flexibility index (Phi) is 10.1. The molecular weight excluding hydrogens is 433 g/mol. The number of hydrogen-bond acceptors (Lipinski definition) is 4. The molecule has 6 nitrogen and oxygen atoms in total. The van der Waals surface area contributed by atoms with Gasteiger partial charge in [0.2, 0.25) is 11.8 Å². The molecule has 0 saturated carbocycles. The van der Waals surface area contributed by atoms with E-state index in [4.69, 9.17) is 23.2 Å². The van der Waals surface area contributed by atoms with E-state index in [1.807, 2.05) is 11.2 Å². The molecule has 0 aliphatic carbocycles. The molecule has 3 amide bonds. The molecule has 1 aromatic carbocycles. The van der Waals surface area contributed by atoms with Gasteiger partial charge in [-0.05, 0) is 55.9 Å². The van der Waals surface area contributed by atoms with Gasteiger partial charge in [0, 0.05) is 31.1 Å². The predicted octanol–water partition coefficient (Wildman–Crippen LogP) is 3.36. The zero-order valence-corrected chi connectivity index (χ0v) is 18.8. The Labute approximate surface area is 186 Å². The number of likely N-dealkylation sites (tertiary alicyclic amines) is 1. The van der Waals surface area contributed by atoms with Crippen molar-refractivity contribution in [1.29, 1.82) is 0 Å². The van der Waals surface area contributed by atoms with Crippen molar-refractivity contribution in [2.75, 3.05) is 31.6 Å². The molecule has 1 aliphatic heterocycles. The Hall–Kier alpha value is -1.44. The number of nitrogens with one attached hydrogen (secondary N) is 2. The van der Waals surface area contributed by atoms with E-state index in [-0.39, 0.29) is 35.4 Å². The summed E-state index contributed by atoms with van der Waals surface area (Å²) in [6, 6.07) is 3.89. The molecule has 1 fully saturated rings. The van der Waals surface area contributed by atoms with E-state index in [0.29, 0.717) is 17.2 Å². The molecule has 29 heavy (non-hydrogen) atoms. The van der Waals surface area contributed by atoms with E-state index in [1.54, 1.807) is 17.8 Å². The lowest BCUT2D eigenvalue weighted by molar-refractivity contribution is -0.132. The van der Waals surface area contributed by atoms with E-state index < -0.39 is 11.9 Å². The van der Waals surface area contributed by atoms with E-state index in [2.05, 4.69) is 10.6 Å². The maximum Gasteiger partial charge on any atom is 0.253 e.